The predicted molar refractivity (Wildman–Crippen MR) is 89.2 cm³/mol. The number of ether oxygens (including phenoxy) is 1. The summed E-state index contributed by atoms with van der Waals surface area (Å²) >= 11 is 3.20. The second-order valence-electron chi connectivity index (χ2n) is 5.55. The van der Waals surface area contributed by atoms with Crippen molar-refractivity contribution in [2.75, 3.05) is 6.61 Å². The monoisotopic (exact) mass is 405 g/mol. The SMILES string of the molecule is Cl.NC1(c2noc(CCOc3ccc(Br)cc3F)n2)CCCC1. The van der Waals surface area contributed by atoms with E-state index in [0.717, 1.165) is 25.7 Å². The average molecular weight is 407 g/mol. The van der Waals surface area contributed by atoms with E-state index in [1.165, 1.54) is 6.07 Å². The summed E-state index contributed by atoms with van der Waals surface area (Å²) in [7, 11) is 0. The number of nitrogens with zero attached hydrogens (tertiary/aromatic N) is 2. The Morgan fingerprint density at radius 2 is 2.09 bits per heavy atom. The van der Waals surface area contributed by atoms with Gasteiger partial charge in [0, 0.05) is 4.47 Å². The number of rotatable bonds is 5. The van der Waals surface area contributed by atoms with Crippen LogP contribution in [0.2, 0.25) is 0 Å². The first-order chi connectivity index (χ1) is 10.6. The molecule has 0 atom stereocenters. The molecule has 1 aromatic heterocycles. The number of aromatic nitrogens is 2. The Kier molecular flexibility index (Phi) is 6.00. The molecule has 0 radical (unpaired) electrons. The Balaban J connectivity index is 0.00000192. The van der Waals surface area contributed by atoms with Gasteiger partial charge >= 0.3 is 0 Å². The highest BCUT2D eigenvalue weighted by atomic mass is 79.9. The summed E-state index contributed by atoms with van der Waals surface area (Å²) < 4.78 is 24.9. The Morgan fingerprint density at radius 3 is 2.78 bits per heavy atom. The maximum Gasteiger partial charge on any atom is 0.230 e. The lowest BCUT2D eigenvalue weighted by Gasteiger charge is -2.17. The van der Waals surface area contributed by atoms with Crippen molar-refractivity contribution in [2.24, 2.45) is 5.73 Å². The molecule has 23 heavy (non-hydrogen) atoms. The molecule has 2 aromatic rings. The molecule has 1 saturated carbocycles. The van der Waals surface area contributed by atoms with E-state index in [9.17, 15) is 4.39 Å². The molecule has 1 heterocycles. The van der Waals surface area contributed by atoms with Gasteiger partial charge in [-0.05, 0) is 31.0 Å². The van der Waals surface area contributed by atoms with Gasteiger partial charge in [0.25, 0.3) is 0 Å². The quantitative estimate of drug-likeness (QED) is 0.818. The first-order valence-corrected chi connectivity index (χ1v) is 8.06. The van der Waals surface area contributed by atoms with Crippen LogP contribution in [0.4, 0.5) is 4.39 Å². The standard InChI is InChI=1S/C15H17BrFN3O2.ClH/c16-10-3-4-12(11(17)9-10)21-8-5-13-19-14(20-22-13)15(18)6-1-2-7-15;/h3-4,9H,1-2,5-8,18H2;1H. The molecule has 0 saturated heterocycles. The van der Waals surface area contributed by atoms with E-state index in [1.54, 1.807) is 12.1 Å². The van der Waals surface area contributed by atoms with Gasteiger partial charge in [0.1, 0.15) is 0 Å². The van der Waals surface area contributed by atoms with Crippen LogP contribution in [0.1, 0.15) is 37.4 Å². The van der Waals surface area contributed by atoms with Crippen LogP contribution in [0.5, 0.6) is 5.75 Å². The minimum absolute atomic E-state index is 0. The normalized spacial score (nSPS) is 16.1. The Hall–Kier alpha value is -1.18. The van der Waals surface area contributed by atoms with Crippen LogP contribution >= 0.6 is 28.3 Å². The maximum absolute atomic E-state index is 13.6. The molecule has 126 valence electrons. The molecule has 0 spiro atoms. The zero-order valence-corrected chi connectivity index (χ0v) is 14.8. The van der Waals surface area contributed by atoms with Gasteiger partial charge in [0.05, 0.1) is 18.6 Å². The largest absolute Gasteiger partial charge is 0.490 e. The number of hydrogen-bond acceptors (Lipinski definition) is 5. The summed E-state index contributed by atoms with van der Waals surface area (Å²) in [6.07, 6.45) is 4.36. The molecule has 0 amide bonds. The minimum atomic E-state index is -0.458. The van der Waals surface area contributed by atoms with Gasteiger partial charge in [-0.3, -0.25) is 0 Å². The molecule has 2 N–H and O–H groups in total. The van der Waals surface area contributed by atoms with Crippen LogP contribution < -0.4 is 10.5 Å². The second-order valence-corrected chi connectivity index (χ2v) is 6.46. The van der Waals surface area contributed by atoms with E-state index >= 15 is 0 Å². The molecule has 0 unspecified atom stereocenters. The van der Waals surface area contributed by atoms with Crippen LogP contribution in [0.3, 0.4) is 0 Å². The highest BCUT2D eigenvalue weighted by Gasteiger charge is 2.35. The Bertz CT molecular complexity index is 662. The summed E-state index contributed by atoms with van der Waals surface area (Å²) in [5, 5.41) is 3.98. The van der Waals surface area contributed by atoms with Crippen molar-refractivity contribution in [1.82, 2.24) is 10.1 Å². The molecular weight excluding hydrogens is 389 g/mol. The van der Waals surface area contributed by atoms with Crippen LogP contribution in [0.25, 0.3) is 0 Å². The first-order valence-electron chi connectivity index (χ1n) is 7.27. The molecule has 1 aromatic carbocycles. The molecule has 5 nitrogen and oxygen atoms in total. The van der Waals surface area contributed by atoms with Crippen molar-refractivity contribution in [1.29, 1.82) is 0 Å². The second kappa shape index (κ2) is 7.59. The molecule has 1 fully saturated rings. The fraction of sp³-hybridized carbons (Fsp3) is 0.467. The van der Waals surface area contributed by atoms with E-state index in [0.29, 0.717) is 22.6 Å². The number of hydrogen-bond donors (Lipinski definition) is 1. The van der Waals surface area contributed by atoms with Crippen LogP contribution in [0, 0.1) is 5.82 Å². The van der Waals surface area contributed by atoms with E-state index in [2.05, 4.69) is 26.1 Å². The van der Waals surface area contributed by atoms with E-state index in [-0.39, 0.29) is 24.8 Å². The third-order valence-electron chi connectivity index (χ3n) is 3.88. The van der Waals surface area contributed by atoms with Crippen molar-refractivity contribution >= 4 is 28.3 Å². The summed E-state index contributed by atoms with van der Waals surface area (Å²) in [6, 6.07) is 4.66. The van der Waals surface area contributed by atoms with Crippen molar-refractivity contribution in [3.63, 3.8) is 0 Å². The predicted octanol–water partition coefficient (Wildman–Crippen LogP) is 3.74. The fourth-order valence-corrected chi connectivity index (χ4v) is 2.96. The maximum atomic E-state index is 13.6. The van der Waals surface area contributed by atoms with E-state index in [1.807, 2.05) is 0 Å². The summed E-state index contributed by atoms with van der Waals surface area (Å²) in [5.74, 6) is 0.820. The fourth-order valence-electron chi connectivity index (χ4n) is 2.63. The molecule has 1 aliphatic carbocycles. The Morgan fingerprint density at radius 1 is 1.35 bits per heavy atom. The lowest BCUT2D eigenvalue weighted by Crippen LogP contribution is -2.34. The highest BCUT2D eigenvalue weighted by molar-refractivity contribution is 9.10. The zero-order chi connectivity index (χ0) is 15.6. The molecule has 8 heteroatoms. The van der Waals surface area contributed by atoms with Crippen molar-refractivity contribution in [2.45, 2.75) is 37.6 Å². The molecular formula is C15H18BrClFN3O2. The average Bonchev–Trinajstić information content (AvgIpc) is 3.11. The lowest BCUT2D eigenvalue weighted by atomic mass is 9.99. The van der Waals surface area contributed by atoms with Crippen LogP contribution in [-0.2, 0) is 12.0 Å². The first kappa shape index (κ1) is 18.2. The summed E-state index contributed by atoms with van der Waals surface area (Å²) in [5.41, 5.74) is 5.82. The third kappa shape index (κ3) is 4.22. The minimum Gasteiger partial charge on any atom is -0.490 e. The summed E-state index contributed by atoms with van der Waals surface area (Å²) in [6.45, 7) is 0.262. The van der Waals surface area contributed by atoms with E-state index in [4.69, 9.17) is 15.0 Å². The number of benzene rings is 1. The van der Waals surface area contributed by atoms with Crippen LogP contribution in [0.15, 0.2) is 27.2 Å². The smallest absolute Gasteiger partial charge is 0.230 e. The molecule has 1 aliphatic rings. The van der Waals surface area contributed by atoms with E-state index < -0.39 is 11.4 Å². The van der Waals surface area contributed by atoms with Crippen molar-refractivity contribution in [3.8, 4) is 5.75 Å². The number of halogens is 3. The van der Waals surface area contributed by atoms with Gasteiger partial charge in [0.2, 0.25) is 5.89 Å². The molecule has 0 aliphatic heterocycles. The molecule has 0 bridgehead atoms. The topological polar surface area (TPSA) is 74.2 Å². The van der Waals surface area contributed by atoms with Gasteiger partial charge in [0.15, 0.2) is 17.4 Å². The highest BCUT2D eigenvalue weighted by Crippen LogP contribution is 2.34. The van der Waals surface area contributed by atoms with Gasteiger partial charge in [-0.1, -0.05) is 33.9 Å². The van der Waals surface area contributed by atoms with Crippen LogP contribution in [-0.4, -0.2) is 16.7 Å². The number of nitrogens with two attached hydrogens (primary N) is 1. The zero-order valence-electron chi connectivity index (χ0n) is 12.4. The van der Waals surface area contributed by atoms with Gasteiger partial charge < -0.3 is 15.0 Å². The van der Waals surface area contributed by atoms with Crippen molar-refractivity contribution in [3.05, 3.63) is 40.2 Å². The third-order valence-corrected chi connectivity index (χ3v) is 4.37. The van der Waals surface area contributed by atoms with Gasteiger partial charge in [-0.15, -0.1) is 12.4 Å². The molecule has 3 rings (SSSR count). The van der Waals surface area contributed by atoms with Gasteiger partial charge in [-0.25, -0.2) is 4.39 Å². The Labute approximate surface area is 148 Å². The van der Waals surface area contributed by atoms with Gasteiger partial charge in [-0.2, -0.15) is 4.98 Å². The van der Waals surface area contributed by atoms with Crippen molar-refractivity contribution < 1.29 is 13.7 Å². The summed E-state index contributed by atoms with van der Waals surface area (Å²) in [4.78, 5) is 4.35. The lowest BCUT2D eigenvalue weighted by molar-refractivity contribution is 0.279.